The minimum atomic E-state index is -0.387. The molecule has 176 valence electrons. The molecule has 1 aromatic carbocycles. The second-order valence-corrected chi connectivity index (χ2v) is 9.69. The molecular formula is C26H28N4O3S. The number of rotatable bonds is 5. The molecule has 0 radical (unpaired) electrons. The van der Waals surface area contributed by atoms with Crippen molar-refractivity contribution < 1.29 is 14.3 Å². The average molecular weight is 477 g/mol. The van der Waals surface area contributed by atoms with E-state index in [1.807, 2.05) is 44.4 Å². The number of ether oxygens (including phenoxy) is 1. The number of aryl methyl sites for hydroxylation is 1. The molecule has 4 rings (SSSR count). The summed E-state index contributed by atoms with van der Waals surface area (Å²) in [6.45, 7) is 6.19. The third-order valence-corrected chi connectivity index (χ3v) is 6.76. The number of methoxy groups -OCH3 is 1. The van der Waals surface area contributed by atoms with Gasteiger partial charge in [0.2, 0.25) is 5.91 Å². The summed E-state index contributed by atoms with van der Waals surface area (Å²) in [6.07, 6.45) is 5.68. The Kier molecular flexibility index (Phi) is 7.13. The number of nitrogens with zero attached hydrogens (tertiary/aromatic N) is 3. The van der Waals surface area contributed by atoms with Gasteiger partial charge in [-0.2, -0.15) is 5.10 Å². The first-order valence-corrected chi connectivity index (χ1v) is 12.2. The molecule has 7 nitrogen and oxygen atoms in total. The maximum atomic E-state index is 13.0. The van der Waals surface area contributed by atoms with E-state index < -0.39 is 0 Å². The lowest BCUT2D eigenvalue weighted by Gasteiger charge is -2.38. The van der Waals surface area contributed by atoms with Crippen molar-refractivity contribution in [2.45, 2.75) is 46.2 Å². The fraction of sp³-hybridized carbons (Fsp3) is 0.385. The topological polar surface area (TPSA) is 83.9 Å². The van der Waals surface area contributed by atoms with Gasteiger partial charge in [0, 0.05) is 23.3 Å². The van der Waals surface area contributed by atoms with Gasteiger partial charge in [-0.05, 0) is 57.4 Å². The highest BCUT2D eigenvalue weighted by Crippen LogP contribution is 2.36. The number of thiazole rings is 1. The number of benzene rings is 1. The fourth-order valence-corrected chi connectivity index (χ4v) is 4.85. The lowest BCUT2D eigenvalue weighted by atomic mass is 9.76. The van der Waals surface area contributed by atoms with Crippen LogP contribution < -0.4 is 10.1 Å². The summed E-state index contributed by atoms with van der Waals surface area (Å²) in [6, 6.07) is 5.64. The van der Waals surface area contributed by atoms with E-state index in [-0.39, 0.29) is 29.7 Å². The largest absolute Gasteiger partial charge is 0.495 e. The molecule has 34 heavy (non-hydrogen) atoms. The highest BCUT2D eigenvalue weighted by Gasteiger charge is 2.40. The van der Waals surface area contributed by atoms with Gasteiger partial charge in [-0.25, -0.2) is 9.99 Å². The predicted octanol–water partition coefficient (Wildman–Crippen LogP) is 3.67. The maximum absolute atomic E-state index is 13.0. The number of nitrogens with one attached hydrogen (secondary N) is 1. The summed E-state index contributed by atoms with van der Waals surface area (Å²) in [5.41, 5.74) is 3.16. The van der Waals surface area contributed by atoms with Crippen LogP contribution in [-0.4, -0.2) is 40.7 Å². The molecule has 1 N–H and O–H groups in total. The molecular weight excluding hydrogens is 448 g/mol. The van der Waals surface area contributed by atoms with Gasteiger partial charge in [0.25, 0.3) is 5.91 Å². The fourth-order valence-electron chi connectivity index (χ4n) is 4.23. The molecule has 2 heterocycles. The van der Waals surface area contributed by atoms with Gasteiger partial charge >= 0.3 is 0 Å². The molecule has 2 amide bonds. The minimum absolute atomic E-state index is 0.0200. The highest BCUT2D eigenvalue weighted by molar-refractivity contribution is 7.09. The van der Waals surface area contributed by atoms with E-state index in [4.69, 9.17) is 9.84 Å². The van der Waals surface area contributed by atoms with E-state index in [1.54, 1.807) is 23.5 Å². The number of hydrazone groups is 1. The Hall–Kier alpha value is -3.44. The normalized spacial score (nSPS) is 19.3. The molecule has 0 spiro atoms. The lowest BCUT2D eigenvalue weighted by Crippen LogP contribution is -2.47. The summed E-state index contributed by atoms with van der Waals surface area (Å²) in [5.74, 6) is 5.77. The van der Waals surface area contributed by atoms with Crippen molar-refractivity contribution in [3.63, 3.8) is 0 Å². The SMILES string of the molecule is COc1ccc(C2=NN(C(C)C)C(=O)[C@@H]3CC=CC[C@H]23)cc1C#CC(=O)NCc1csc(C)n1. The van der Waals surface area contributed by atoms with Gasteiger partial charge in [0.1, 0.15) is 5.75 Å². The van der Waals surface area contributed by atoms with E-state index in [0.29, 0.717) is 24.3 Å². The number of hydrogen-bond acceptors (Lipinski definition) is 6. The summed E-state index contributed by atoms with van der Waals surface area (Å²) < 4.78 is 5.48. The Labute approximate surface area is 203 Å². The number of carbonyl (C=O) groups excluding carboxylic acids is 2. The third-order valence-electron chi connectivity index (χ3n) is 5.93. The molecule has 2 aromatic rings. The van der Waals surface area contributed by atoms with Gasteiger partial charge in [-0.15, -0.1) is 11.3 Å². The van der Waals surface area contributed by atoms with Crippen molar-refractivity contribution in [1.29, 1.82) is 0 Å². The molecule has 1 aliphatic carbocycles. The van der Waals surface area contributed by atoms with Crippen LogP contribution in [0.4, 0.5) is 0 Å². The third kappa shape index (κ3) is 5.05. The molecule has 8 heteroatoms. The van der Waals surface area contributed by atoms with E-state index in [1.165, 1.54) is 0 Å². The molecule has 0 bridgehead atoms. The van der Waals surface area contributed by atoms with Gasteiger partial charge < -0.3 is 10.1 Å². The smallest absolute Gasteiger partial charge is 0.296 e. The standard InChI is InChI=1S/C26H28N4O3S/c1-16(2)30-26(32)22-8-6-5-7-21(22)25(29-30)19-9-11-23(33-4)18(13-19)10-12-24(31)27-14-20-15-34-17(3)28-20/h5-6,9,11,13,15-16,21-22H,7-8,14H2,1-4H3,(H,27,31)/t21-,22+/m0/s1. The van der Waals surface area contributed by atoms with E-state index in [2.05, 4.69) is 34.3 Å². The zero-order chi connectivity index (χ0) is 24.2. The van der Waals surface area contributed by atoms with Crippen LogP contribution in [-0.2, 0) is 16.1 Å². The number of carbonyl (C=O) groups is 2. The summed E-state index contributed by atoms with van der Waals surface area (Å²) in [7, 11) is 1.57. The lowest BCUT2D eigenvalue weighted by molar-refractivity contribution is -0.139. The van der Waals surface area contributed by atoms with Gasteiger partial charge in [0.05, 0.1) is 41.5 Å². The Morgan fingerprint density at radius 1 is 1.29 bits per heavy atom. The molecule has 2 aliphatic rings. The van der Waals surface area contributed by atoms with Gasteiger partial charge in [-0.3, -0.25) is 9.59 Å². The van der Waals surface area contributed by atoms with Gasteiger partial charge in [0.15, 0.2) is 0 Å². The van der Waals surface area contributed by atoms with Gasteiger partial charge in [-0.1, -0.05) is 18.1 Å². The van der Waals surface area contributed by atoms with Crippen LogP contribution in [0.5, 0.6) is 5.75 Å². The second kappa shape index (κ2) is 10.2. The van der Waals surface area contributed by atoms with Crippen molar-refractivity contribution in [3.05, 3.63) is 57.6 Å². The molecule has 0 saturated carbocycles. The number of fused-ring (bicyclic) bond motifs is 1. The van der Waals surface area contributed by atoms with E-state index >= 15 is 0 Å². The van der Waals surface area contributed by atoms with Crippen LogP contribution in [0.3, 0.4) is 0 Å². The molecule has 1 aliphatic heterocycles. The van der Waals surface area contributed by atoms with Crippen LogP contribution >= 0.6 is 11.3 Å². The first kappa shape index (κ1) is 23.7. The number of hydrogen-bond donors (Lipinski definition) is 1. The van der Waals surface area contributed by atoms with Crippen molar-refractivity contribution in [2.75, 3.05) is 7.11 Å². The average Bonchev–Trinajstić information content (AvgIpc) is 3.26. The molecule has 0 unspecified atom stereocenters. The van der Waals surface area contributed by atoms with Crippen molar-refractivity contribution in [3.8, 4) is 17.6 Å². The van der Waals surface area contributed by atoms with E-state index in [9.17, 15) is 9.59 Å². The summed E-state index contributed by atoms with van der Waals surface area (Å²) in [5, 5.41) is 12.0. The van der Waals surface area contributed by atoms with Crippen LogP contribution in [0.15, 0.2) is 40.8 Å². The predicted molar refractivity (Wildman–Crippen MR) is 132 cm³/mol. The Morgan fingerprint density at radius 3 is 2.74 bits per heavy atom. The number of aromatic nitrogens is 1. The highest BCUT2D eigenvalue weighted by atomic mass is 32.1. The van der Waals surface area contributed by atoms with E-state index in [0.717, 1.165) is 28.4 Å². The van der Waals surface area contributed by atoms with Crippen molar-refractivity contribution in [2.24, 2.45) is 16.9 Å². The molecule has 1 aromatic heterocycles. The number of allylic oxidation sites excluding steroid dienone is 2. The van der Waals surface area contributed by atoms with Crippen LogP contribution in [0.2, 0.25) is 0 Å². The zero-order valence-corrected chi connectivity index (χ0v) is 20.6. The van der Waals surface area contributed by atoms with Crippen LogP contribution in [0.25, 0.3) is 0 Å². The maximum Gasteiger partial charge on any atom is 0.296 e. The minimum Gasteiger partial charge on any atom is -0.495 e. The second-order valence-electron chi connectivity index (χ2n) is 8.62. The molecule has 2 atom stereocenters. The monoisotopic (exact) mass is 476 g/mol. The van der Waals surface area contributed by atoms with Crippen LogP contribution in [0, 0.1) is 30.6 Å². The summed E-state index contributed by atoms with van der Waals surface area (Å²) >= 11 is 1.54. The quantitative estimate of drug-likeness (QED) is 0.527. The first-order valence-electron chi connectivity index (χ1n) is 11.3. The Bertz CT molecular complexity index is 1220. The summed E-state index contributed by atoms with van der Waals surface area (Å²) in [4.78, 5) is 29.6. The Morgan fingerprint density at radius 2 is 2.06 bits per heavy atom. The van der Waals surface area contributed by atoms with Crippen molar-refractivity contribution >= 4 is 28.9 Å². The zero-order valence-electron chi connectivity index (χ0n) is 19.8. The first-order chi connectivity index (χ1) is 16.4. The number of amides is 2. The van der Waals surface area contributed by atoms with Crippen molar-refractivity contribution in [1.82, 2.24) is 15.3 Å². The molecule has 0 saturated heterocycles. The molecule has 0 fully saturated rings. The Balaban J connectivity index is 1.61. The van der Waals surface area contributed by atoms with Crippen LogP contribution in [0.1, 0.15) is 48.5 Å².